The molecule has 2 aromatic rings. The molecule has 168 valence electrons. The van der Waals surface area contributed by atoms with Crippen LogP contribution in [0.3, 0.4) is 0 Å². The number of nitrogens with one attached hydrogen (secondary N) is 1. The molecule has 1 fully saturated rings. The van der Waals surface area contributed by atoms with Crippen LogP contribution in [-0.2, 0) is 9.59 Å². The second-order valence-electron chi connectivity index (χ2n) is 7.56. The molecule has 2 aromatic carbocycles. The van der Waals surface area contributed by atoms with Gasteiger partial charge < -0.3 is 24.4 Å². The van der Waals surface area contributed by atoms with Gasteiger partial charge in [0.25, 0.3) is 11.8 Å². The van der Waals surface area contributed by atoms with E-state index < -0.39 is 0 Å². The predicted molar refractivity (Wildman–Crippen MR) is 118 cm³/mol. The summed E-state index contributed by atoms with van der Waals surface area (Å²) in [6.45, 7) is 1.20. The van der Waals surface area contributed by atoms with E-state index in [2.05, 4.69) is 5.32 Å². The fourth-order valence-electron chi connectivity index (χ4n) is 3.84. The minimum Gasteiger partial charge on any atom is -0.493 e. The normalized spacial score (nSPS) is 15.1. The van der Waals surface area contributed by atoms with Crippen LogP contribution in [0.2, 0.25) is 0 Å². The summed E-state index contributed by atoms with van der Waals surface area (Å²) in [6, 6.07) is 9.87. The van der Waals surface area contributed by atoms with Crippen molar-refractivity contribution in [3.05, 3.63) is 42.0 Å². The number of methoxy groups -OCH3 is 2. The van der Waals surface area contributed by atoms with Crippen LogP contribution in [-0.4, -0.2) is 63.1 Å². The molecule has 0 unspecified atom stereocenters. The zero-order chi connectivity index (χ0) is 22.7. The van der Waals surface area contributed by atoms with Gasteiger partial charge in [0, 0.05) is 30.4 Å². The van der Waals surface area contributed by atoms with Crippen LogP contribution in [0.5, 0.6) is 17.2 Å². The zero-order valence-electron chi connectivity index (χ0n) is 18.1. The number of nitrogens with zero attached hydrogens (tertiary/aromatic N) is 2. The standard InChI is InChI=1S/C23H25N3O6/c1-30-19-8-6-16(12-20(19)31-2)24-23(29)15-5-7-18-17(11-15)26(22(28)14-32-18)13-21(27)25-9-3-4-10-25/h5-8,11-12H,3-4,9-10,13-14H2,1-2H3,(H,24,29). The van der Waals surface area contributed by atoms with Crippen molar-refractivity contribution in [3.63, 3.8) is 0 Å². The highest BCUT2D eigenvalue weighted by Gasteiger charge is 2.30. The summed E-state index contributed by atoms with van der Waals surface area (Å²) in [6.07, 6.45) is 1.94. The molecule has 32 heavy (non-hydrogen) atoms. The van der Waals surface area contributed by atoms with Gasteiger partial charge >= 0.3 is 0 Å². The lowest BCUT2D eigenvalue weighted by Crippen LogP contribution is -2.46. The number of ether oxygens (including phenoxy) is 3. The van der Waals surface area contributed by atoms with Crippen molar-refractivity contribution < 1.29 is 28.6 Å². The molecular formula is C23H25N3O6. The van der Waals surface area contributed by atoms with Crippen molar-refractivity contribution in [2.45, 2.75) is 12.8 Å². The van der Waals surface area contributed by atoms with E-state index in [1.807, 2.05) is 0 Å². The molecule has 2 aliphatic heterocycles. The topological polar surface area (TPSA) is 97.4 Å². The minimum absolute atomic E-state index is 0.0735. The quantitative estimate of drug-likeness (QED) is 0.742. The van der Waals surface area contributed by atoms with Crippen LogP contribution >= 0.6 is 0 Å². The Bertz CT molecular complexity index is 1050. The number of rotatable bonds is 6. The van der Waals surface area contributed by atoms with Crippen LogP contribution < -0.4 is 24.4 Å². The van der Waals surface area contributed by atoms with Crippen molar-refractivity contribution in [1.29, 1.82) is 0 Å². The Balaban J connectivity index is 1.55. The smallest absolute Gasteiger partial charge is 0.265 e. The van der Waals surface area contributed by atoms with E-state index in [1.54, 1.807) is 41.3 Å². The summed E-state index contributed by atoms with van der Waals surface area (Å²) >= 11 is 0. The van der Waals surface area contributed by atoms with Crippen LogP contribution in [0, 0.1) is 0 Å². The summed E-state index contributed by atoms with van der Waals surface area (Å²) in [7, 11) is 3.05. The number of benzene rings is 2. The maximum atomic E-state index is 12.9. The number of carbonyl (C=O) groups excluding carboxylic acids is 3. The lowest BCUT2D eigenvalue weighted by molar-refractivity contribution is -0.131. The third kappa shape index (κ3) is 4.32. The van der Waals surface area contributed by atoms with E-state index in [0.29, 0.717) is 47.3 Å². The van der Waals surface area contributed by atoms with Crippen molar-refractivity contribution in [2.75, 3.05) is 50.7 Å². The Kier molecular flexibility index (Phi) is 6.16. The highest BCUT2D eigenvalue weighted by atomic mass is 16.5. The largest absolute Gasteiger partial charge is 0.493 e. The molecule has 4 rings (SSSR count). The van der Waals surface area contributed by atoms with Gasteiger partial charge in [0.2, 0.25) is 5.91 Å². The molecule has 0 aliphatic carbocycles. The van der Waals surface area contributed by atoms with Crippen molar-refractivity contribution in [3.8, 4) is 17.2 Å². The van der Waals surface area contributed by atoms with Gasteiger partial charge in [0.1, 0.15) is 12.3 Å². The first-order valence-electron chi connectivity index (χ1n) is 10.4. The maximum absolute atomic E-state index is 12.9. The Morgan fingerprint density at radius 1 is 1.03 bits per heavy atom. The molecule has 0 atom stereocenters. The van der Waals surface area contributed by atoms with Crippen LogP contribution in [0.1, 0.15) is 23.2 Å². The highest BCUT2D eigenvalue weighted by molar-refractivity contribution is 6.07. The SMILES string of the molecule is COc1ccc(NC(=O)c2ccc3c(c2)N(CC(=O)N2CCCC2)C(=O)CO3)cc1OC. The molecular weight excluding hydrogens is 414 g/mol. The number of likely N-dealkylation sites (tertiary alicyclic amines) is 1. The van der Waals surface area contributed by atoms with Gasteiger partial charge in [-0.15, -0.1) is 0 Å². The second kappa shape index (κ2) is 9.17. The van der Waals surface area contributed by atoms with Gasteiger partial charge in [-0.3, -0.25) is 19.3 Å². The first-order valence-corrected chi connectivity index (χ1v) is 10.4. The van der Waals surface area contributed by atoms with Gasteiger partial charge in [-0.25, -0.2) is 0 Å². The Morgan fingerprint density at radius 3 is 2.50 bits per heavy atom. The van der Waals surface area contributed by atoms with E-state index in [-0.39, 0.29) is 30.9 Å². The molecule has 0 bridgehead atoms. The summed E-state index contributed by atoms with van der Waals surface area (Å²) in [5.41, 5.74) is 1.27. The second-order valence-corrected chi connectivity index (χ2v) is 7.56. The molecule has 0 saturated carbocycles. The monoisotopic (exact) mass is 439 g/mol. The molecule has 0 aromatic heterocycles. The Labute approximate surface area is 185 Å². The number of hydrogen-bond acceptors (Lipinski definition) is 6. The van der Waals surface area contributed by atoms with Crippen molar-refractivity contribution in [2.24, 2.45) is 0 Å². The van der Waals surface area contributed by atoms with E-state index >= 15 is 0 Å². The fraction of sp³-hybridized carbons (Fsp3) is 0.348. The molecule has 1 saturated heterocycles. The lowest BCUT2D eigenvalue weighted by atomic mass is 10.1. The number of anilines is 2. The molecule has 3 amide bonds. The number of amides is 3. The molecule has 9 heteroatoms. The highest BCUT2D eigenvalue weighted by Crippen LogP contribution is 2.34. The fourth-order valence-corrected chi connectivity index (χ4v) is 3.84. The van der Waals surface area contributed by atoms with Crippen molar-refractivity contribution >= 4 is 29.1 Å². The van der Waals surface area contributed by atoms with Crippen LogP contribution in [0.15, 0.2) is 36.4 Å². The van der Waals surface area contributed by atoms with E-state index in [9.17, 15) is 14.4 Å². The van der Waals surface area contributed by atoms with E-state index in [4.69, 9.17) is 14.2 Å². The van der Waals surface area contributed by atoms with E-state index in [1.165, 1.54) is 19.1 Å². The zero-order valence-corrected chi connectivity index (χ0v) is 18.1. The summed E-state index contributed by atoms with van der Waals surface area (Å²) in [4.78, 5) is 41.2. The number of fused-ring (bicyclic) bond motifs is 1. The molecule has 9 nitrogen and oxygen atoms in total. The summed E-state index contributed by atoms with van der Waals surface area (Å²) in [5, 5.41) is 2.81. The molecule has 2 heterocycles. The van der Waals surface area contributed by atoms with Crippen LogP contribution in [0.4, 0.5) is 11.4 Å². The third-order valence-electron chi connectivity index (χ3n) is 5.56. The molecule has 2 aliphatic rings. The average molecular weight is 439 g/mol. The summed E-state index contributed by atoms with van der Waals surface area (Å²) < 4.78 is 16.0. The van der Waals surface area contributed by atoms with E-state index in [0.717, 1.165) is 12.8 Å². The molecule has 0 radical (unpaired) electrons. The molecule has 1 N–H and O–H groups in total. The number of carbonyl (C=O) groups is 3. The van der Waals surface area contributed by atoms with Gasteiger partial charge in [0.05, 0.1) is 19.9 Å². The lowest BCUT2D eigenvalue weighted by Gasteiger charge is -2.30. The number of hydrogen-bond donors (Lipinski definition) is 1. The van der Waals surface area contributed by atoms with Gasteiger partial charge in [-0.2, -0.15) is 0 Å². The Morgan fingerprint density at radius 2 is 1.78 bits per heavy atom. The molecule has 0 spiro atoms. The average Bonchev–Trinajstić information content (AvgIpc) is 3.35. The first kappa shape index (κ1) is 21.5. The van der Waals surface area contributed by atoms with Crippen LogP contribution in [0.25, 0.3) is 0 Å². The maximum Gasteiger partial charge on any atom is 0.265 e. The summed E-state index contributed by atoms with van der Waals surface area (Å²) in [5.74, 6) is 0.700. The first-order chi connectivity index (χ1) is 15.5. The predicted octanol–water partition coefficient (Wildman–Crippen LogP) is 2.30. The minimum atomic E-state index is -0.371. The van der Waals surface area contributed by atoms with Crippen molar-refractivity contribution in [1.82, 2.24) is 4.90 Å². The third-order valence-corrected chi connectivity index (χ3v) is 5.56. The van der Waals surface area contributed by atoms with Gasteiger partial charge in [-0.1, -0.05) is 0 Å². The Hall–Kier alpha value is -3.75. The van der Waals surface area contributed by atoms with Gasteiger partial charge in [-0.05, 0) is 43.2 Å². The van der Waals surface area contributed by atoms with Gasteiger partial charge in [0.15, 0.2) is 18.1 Å².